The Bertz CT molecular complexity index is 623. The van der Waals surface area contributed by atoms with Crippen molar-refractivity contribution >= 4 is 22.9 Å². The Balaban J connectivity index is 2.32. The third-order valence-electron chi connectivity index (χ3n) is 3.32. The highest BCUT2D eigenvalue weighted by Crippen LogP contribution is 2.28. The molecule has 2 rings (SSSR count). The first-order valence-corrected chi connectivity index (χ1v) is 7.92. The fraction of sp³-hybridized carbons (Fsp3) is 0.400. The average molecular weight is 331 g/mol. The number of benzene rings is 1. The van der Waals surface area contributed by atoms with Crippen LogP contribution in [0.5, 0.6) is 0 Å². The first-order valence-electron chi connectivity index (χ1n) is 6.73. The second-order valence-corrected chi connectivity index (χ2v) is 6.55. The van der Waals surface area contributed by atoms with Crippen LogP contribution in [0, 0.1) is 25.5 Å². The van der Waals surface area contributed by atoms with Crippen molar-refractivity contribution < 1.29 is 8.78 Å². The van der Waals surface area contributed by atoms with Crippen molar-refractivity contribution in [2.45, 2.75) is 33.2 Å². The summed E-state index contributed by atoms with van der Waals surface area (Å²) < 4.78 is 27.7. The van der Waals surface area contributed by atoms with Crippen molar-refractivity contribution in [3.63, 3.8) is 0 Å². The van der Waals surface area contributed by atoms with Crippen molar-refractivity contribution in [2.75, 3.05) is 6.54 Å². The topological polar surface area (TPSA) is 24.9 Å². The second-order valence-electron chi connectivity index (χ2n) is 4.85. The van der Waals surface area contributed by atoms with Gasteiger partial charge < -0.3 is 5.32 Å². The summed E-state index contributed by atoms with van der Waals surface area (Å²) in [7, 11) is 0. The van der Waals surface area contributed by atoms with Crippen molar-refractivity contribution in [2.24, 2.45) is 0 Å². The van der Waals surface area contributed by atoms with Crippen LogP contribution < -0.4 is 5.32 Å². The largest absolute Gasteiger partial charge is 0.310 e. The molecule has 1 N–H and O–H groups in total. The first kappa shape index (κ1) is 16.3. The smallest absolute Gasteiger partial charge is 0.142 e. The van der Waals surface area contributed by atoms with Crippen LogP contribution >= 0.6 is 22.9 Å². The molecule has 1 heterocycles. The summed E-state index contributed by atoms with van der Waals surface area (Å²) in [5, 5.41) is 3.89. The van der Waals surface area contributed by atoms with Gasteiger partial charge in [0.15, 0.2) is 0 Å². The standard InChI is InChI=1S/C15H17ClF2N2S/c1-4-19-14(7-15-20-8(2)9(3)21-15)10-5-13(18)11(16)6-12(10)17/h5-6,14,19H,4,7H2,1-3H3. The van der Waals surface area contributed by atoms with E-state index in [4.69, 9.17) is 11.6 Å². The molecule has 1 unspecified atom stereocenters. The number of aryl methyl sites for hydroxylation is 2. The van der Waals surface area contributed by atoms with Crippen LogP contribution in [-0.4, -0.2) is 11.5 Å². The molecule has 0 aliphatic carbocycles. The quantitative estimate of drug-likeness (QED) is 0.811. The van der Waals surface area contributed by atoms with Gasteiger partial charge >= 0.3 is 0 Å². The Labute approximate surface area is 132 Å². The number of aromatic nitrogens is 1. The van der Waals surface area contributed by atoms with E-state index in [1.165, 1.54) is 0 Å². The van der Waals surface area contributed by atoms with E-state index in [2.05, 4.69) is 10.3 Å². The lowest BCUT2D eigenvalue weighted by atomic mass is 10.0. The molecule has 2 nitrogen and oxygen atoms in total. The van der Waals surface area contributed by atoms with Crippen molar-refractivity contribution in [3.8, 4) is 0 Å². The van der Waals surface area contributed by atoms with E-state index in [1.54, 1.807) is 11.3 Å². The molecule has 0 bridgehead atoms. The van der Waals surface area contributed by atoms with Crippen LogP contribution in [0.1, 0.15) is 34.1 Å². The predicted molar refractivity (Wildman–Crippen MR) is 83.1 cm³/mol. The molecule has 1 aromatic heterocycles. The highest BCUT2D eigenvalue weighted by Gasteiger charge is 2.20. The summed E-state index contributed by atoms with van der Waals surface area (Å²) in [6.07, 6.45) is 0.519. The molecule has 0 amide bonds. The predicted octanol–water partition coefficient (Wildman–Crippen LogP) is 4.58. The van der Waals surface area contributed by atoms with Gasteiger partial charge in [-0.3, -0.25) is 0 Å². The SMILES string of the molecule is CCNC(Cc1nc(C)c(C)s1)c1cc(F)c(Cl)cc1F. The van der Waals surface area contributed by atoms with Crippen molar-refractivity contribution in [1.82, 2.24) is 10.3 Å². The Morgan fingerprint density at radius 1 is 1.29 bits per heavy atom. The zero-order valence-corrected chi connectivity index (χ0v) is 13.7. The molecule has 0 aliphatic rings. The van der Waals surface area contributed by atoms with Crippen molar-refractivity contribution in [1.29, 1.82) is 0 Å². The molecule has 0 saturated carbocycles. The number of rotatable bonds is 5. The van der Waals surface area contributed by atoms with E-state index in [0.29, 0.717) is 13.0 Å². The molecule has 0 radical (unpaired) electrons. The number of nitrogens with zero attached hydrogens (tertiary/aromatic N) is 1. The number of nitrogens with one attached hydrogen (secondary N) is 1. The maximum atomic E-state index is 14.1. The normalized spacial score (nSPS) is 12.7. The fourth-order valence-electron chi connectivity index (χ4n) is 2.14. The number of thiazole rings is 1. The zero-order chi connectivity index (χ0) is 15.6. The fourth-order valence-corrected chi connectivity index (χ4v) is 3.27. The van der Waals surface area contributed by atoms with Gasteiger partial charge in [0.2, 0.25) is 0 Å². The average Bonchev–Trinajstić information content (AvgIpc) is 2.72. The maximum absolute atomic E-state index is 14.1. The Morgan fingerprint density at radius 3 is 2.57 bits per heavy atom. The van der Waals surface area contributed by atoms with Gasteiger partial charge in [-0.1, -0.05) is 18.5 Å². The summed E-state index contributed by atoms with van der Waals surface area (Å²) in [6, 6.07) is 1.86. The van der Waals surface area contributed by atoms with Gasteiger partial charge in [-0.05, 0) is 32.5 Å². The molecule has 114 valence electrons. The van der Waals surface area contributed by atoms with Crippen LogP contribution in [0.4, 0.5) is 8.78 Å². The monoisotopic (exact) mass is 330 g/mol. The van der Waals surface area contributed by atoms with Gasteiger partial charge in [0.25, 0.3) is 0 Å². The third kappa shape index (κ3) is 3.78. The molecular formula is C15H17ClF2N2S. The van der Waals surface area contributed by atoms with Crippen LogP contribution in [0.25, 0.3) is 0 Å². The number of hydrogen-bond acceptors (Lipinski definition) is 3. The highest BCUT2D eigenvalue weighted by molar-refractivity contribution is 7.11. The van der Waals surface area contributed by atoms with Gasteiger partial charge in [0.05, 0.1) is 15.7 Å². The van der Waals surface area contributed by atoms with Crippen LogP contribution in [0.3, 0.4) is 0 Å². The Kier molecular flexibility index (Phi) is 5.30. The molecule has 1 aromatic carbocycles. The molecule has 21 heavy (non-hydrogen) atoms. The molecule has 6 heteroatoms. The molecular weight excluding hydrogens is 314 g/mol. The summed E-state index contributed by atoms with van der Waals surface area (Å²) in [5.41, 5.74) is 1.26. The number of halogens is 3. The molecule has 0 saturated heterocycles. The lowest BCUT2D eigenvalue weighted by Crippen LogP contribution is -2.24. The van der Waals surface area contributed by atoms with Crippen molar-refractivity contribution in [3.05, 3.63) is 49.9 Å². The van der Waals surface area contributed by atoms with E-state index in [-0.39, 0.29) is 16.6 Å². The lowest BCUT2D eigenvalue weighted by molar-refractivity contribution is 0.501. The van der Waals surface area contributed by atoms with Crippen LogP contribution in [0.2, 0.25) is 5.02 Å². The second kappa shape index (κ2) is 6.81. The summed E-state index contributed by atoms with van der Waals surface area (Å²) in [4.78, 5) is 5.61. The third-order valence-corrected chi connectivity index (χ3v) is 4.70. The van der Waals surface area contributed by atoms with E-state index in [0.717, 1.165) is 27.7 Å². The van der Waals surface area contributed by atoms with Gasteiger partial charge in [0.1, 0.15) is 11.6 Å². The highest BCUT2D eigenvalue weighted by atomic mass is 35.5. The molecule has 0 fully saturated rings. The minimum atomic E-state index is -0.609. The maximum Gasteiger partial charge on any atom is 0.142 e. The van der Waals surface area contributed by atoms with Crippen LogP contribution in [0.15, 0.2) is 12.1 Å². The summed E-state index contributed by atoms with van der Waals surface area (Å²) in [5.74, 6) is -1.11. The van der Waals surface area contributed by atoms with Gasteiger partial charge in [-0.25, -0.2) is 13.8 Å². The first-order chi connectivity index (χ1) is 9.92. The zero-order valence-electron chi connectivity index (χ0n) is 12.1. The van der Waals surface area contributed by atoms with Gasteiger partial charge in [-0.2, -0.15) is 0 Å². The van der Waals surface area contributed by atoms with Crippen LogP contribution in [-0.2, 0) is 6.42 Å². The van der Waals surface area contributed by atoms with Gasteiger partial charge in [-0.15, -0.1) is 11.3 Å². The lowest BCUT2D eigenvalue weighted by Gasteiger charge is -2.18. The van der Waals surface area contributed by atoms with E-state index in [1.807, 2.05) is 20.8 Å². The minimum Gasteiger partial charge on any atom is -0.310 e. The number of likely N-dealkylation sites (N-methyl/N-ethyl adjacent to an activating group) is 1. The minimum absolute atomic E-state index is 0.201. The number of hydrogen-bond donors (Lipinski definition) is 1. The van der Waals surface area contributed by atoms with E-state index < -0.39 is 11.6 Å². The van der Waals surface area contributed by atoms with E-state index >= 15 is 0 Å². The Morgan fingerprint density at radius 2 is 2.00 bits per heavy atom. The summed E-state index contributed by atoms with van der Waals surface area (Å²) >= 11 is 7.19. The molecule has 0 aliphatic heterocycles. The van der Waals surface area contributed by atoms with E-state index in [9.17, 15) is 8.78 Å². The summed E-state index contributed by atoms with van der Waals surface area (Å²) in [6.45, 7) is 6.52. The molecule has 0 spiro atoms. The Hall–Kier alpha value is -1.04. The molecule has 2 aromatic rings. The van der Waals surface area contributed by atoms with Gasteiger partial charge in [0, 0.05) is 22.9 Å². The molecule has 1 atom stereocenters.